The van der Waals surface area contributed by atoms with Gasteiger partial charge in [0.15, 0.2) is 6.29 Å². The fourth-order valence-electron chi connectivity index (χ4n) is 1.37. The van der Waals surface area contributed by atoms with E-state index < -0.39 is 0 Å². The third-order valence-corrected chi connectivity index (χ3v) is 1.90. The van der Waals surface area contributed by atoms with Crippen LogP contribution >= 0.6 is 0 Å². The summed E-state index contributed by atoms with van der Waals surface area (Å²) in [6.45, 7) is 5.75. The summed E-state index contributed by atoms with van der Waals surface area (Å²) in [7, 11) is 0. The summed E-state index contributed by atoms with van der Waals surface area (Å²) < 4.78 is 5.35. The second-order valence-electron chi connectivity index (χ2n) is 3.21. The molecule has 1 rings (SSSR count). The van der Waals surface area contributed by atoms with Gasteiger partial charge in [-0.05, 0) is 38.0 Å². The first kappa shape index (κ1) is 10.5. The number of carbonyl (C=O) groups excluding carboxylic acids is 1. The Morgan fingerprint density at radius 3 is 2.57 bits per heavy atom. The van der Waals surface area contributed by atoms with E-state index in [4.69, 9.17) is 4.74 Å². The van der Waals surface area contributed by atoms with Crippen LogP contribution in [-0.2, 0) is 0 Å². The van der Waals surface area contributed by atoms with E-state index in [-0.39, 0.29) is 0 Å². The van der Waals surface area contributed by atoms with Crippen molar-refractivity contribution in [2.24, 2.45) is 0 Å². The molecule has 0 radical (unpaired) electrons. The Balaban J connectivity index is 3.17. The number of benzene rings is 1. The molecular formula is C12H14O2. The van der Waals surface area contributed by atoms with E-state index in [1.807, 2.05) is 32.9 Å². The second-order valence-corrected chi connectivity index (χ2v) is 3.21. The van der Waals surface area contributed by atoms with Gasteiger partial charge >= 0.3 is 0 Å². The number of ether oxygens (including phenoxy) is 1. The van der Waals surface area contributed by atoms with Crippen LogP contribution in [0.3, 0.4) is 0 Å². The predicted octanol–water partition coefficient (Wildman–Crippen LogP) is 3.03. The lowest BCUT2D eigenvalue weighted by atomic mass is 10.1. The van der Waals surface area contributed by atoms with Gasteiger partial charge in [-0.3, -0.25) is 4.79 Å². The van der Waals surface area contributed by atoms with Gasteiger partial charge in [-0.1, -0.05) is 12.1 Å². The van der Waals surface area contributed by atoms with E-state index in [9.17, 15) is 4.79 Å². The van der Waals surface area contributed by atoms with Gasteiger partial charge in [-0.15, -0.1) is 0 Å². The lowest BCUT2D eigenvalue weighted by Gasteiger charge is -2.08. The van der Waals surface area contributed by atoms with Gasteiger partial charge in [0, 0.05) is 0 Å². The highest BCUT2D eigenvalue weighted by atomic mass is 16.5. The van der Waals surface area contributed by atoms with E-state index in [0.717, 1.165) is 17.4 Å². The second kappa shape index (κ2) is 4.61. The van der Waals surface area contributed by atoms with Crippen molar-refractivity contribution in [2.75, 3.05) is 0 Å². The van der Waals surface area contributed by atoms with Gasteiger partial charge in [-0.25, -0.2) is 0 Å². The highest BCUT2D eigenvalue weighted by Crippen LogP contribution is 2.24. The summed E-state index contributed by atoms with van der Waals surface area (Å²) in [4.78, 5) is 10.8. The van der Waals surface area contributed by atoms with Crippen molar-refractivity contribution in [1.82, 2.24) is 0 Å². The van der Waals surface area contributed by atoms with E-state index >= 15 is 0 Å². The maximum atomic E-state index is 10.8. The van der Waals surface area contributed by atoms with E-state index in [1.54, 1.807) is 12.3 Å². The van der Waals surface area contributed by atoms with Crippen LogP contribution in [0.5, 0.6) is 5.75 Å². The first-order valence-electron chi connectivity index (χ1n) is 4.53. The zero-order chi connectivity index (χ0) is 10.6. The minimum atomic E-state index is 0.598. The van der Waals surface area contributed by atoms with Gasteiger partial charge in [0.05, 0.1) is 11.8 Å². The molecule has 0 N–H and O–H groups in total. The molecule has 0 unspecified atom stereocenters. The fraction of sp³-hybridized carbons (Fsp3) is 0.250. The predicted molar refractivity (Wildman–Crippen MR) is 56.7 cm³/mol. The van der Waals surface area contributed by atoms with Gasteiger partial charge < -0.3 is 4.74 Å². The van der Waals surface area contributed by atoms with Crippen molar-refractivity contribution in [1.29, 1.82) is 0 Å². The zero-order valence-corrected chi connectivity index (χ0v) is 8.70. The third-order valence-electron chi connectivity index (χ3n) is 1.90. The van der Waals surface area contributed by atoms with Crippen LogP contribution in [0.1, 0.15) is 28.4 Å². The Kier molecular flexibility index (Phi) is 3.46. The van der Waals surface area contributed by atoms with Crippen molar-refractivity contribution in [2.45, 2.75) is 20.8 Å². The van der Waals surface area contributed by atoms with Crippen LogP contribution in [0.2, 0.25) is 0 Å². The molecule has 0 saturated carbocycles. The molecule has 2 nitrogen and oxygen atoms in total. The normalized spacial score (nSPS) is 10.5. The standard InChI is InChI=1S/C12H14O2/c1-4-5-14-12-10(3)6-9(2)7-11(12)8-13/h4-8H,1-3H3. The maximum Gasteiger partial charge on any atom is 0.153 e. The Hall–Kier alpha value is -1.57. The molecule has 0 fully saturated rings. The fourth-order valence-corrected chi connectivity index (χ4v) is 1.37. The number of rotatable bonds is 3. The monoisotopic (exact) mass is 190 g/mol. The molecule has 14 heavy (non-hydrogen) atoms. The molecule has 0 heterocycles. The summed E-state index contributed by atoms with van der Waals surface area (Å²) >= 11 is 0. The lowest BCUT2D eigenvalue weighted by Crippen LogP contribution is -1.94. The minimum Gasteiger partial charge on any atom is -0.464 e. The lowest BCUT2D eigenvalue weighted by molar-refractivity contribution is 0.112. The number of carbonyl (C=O) groups is 1. The SMILES string of the molecule is CC=COc1c(C)cc(C)cc1C=O. The Morgan fingerprint density at radius 1 is 1.29 bits per heavy atom. The summed E-state index contributed by atoms with van der Waals surface area (Å²) in [5.74, 6) is 0.642. The Morgan fingerprint density at radius 2 is 2.00 bits per heavy atom. The molecule has 1 aromatic rings. The van der Waals surface area contributed by atoms with E-state index in [2.05, 4.69) is 0 Å². The maximum absolute atomic E-state index is 10.8. The molecule has 0 saturated heterocycles. The molecule has 0 atom stereocenters. The molecule has 0 aliphatic carbocycles. The van der Waals surface area contributed by atoms with Crippen LogP contribution in [0.4, 0.5) is 0 Å². The largest absolute Gasteiger partial charge is 0.464 e. The molecule has 0 spiro atoms. The Labute approximate surface area is 84.2 Å². The highest BCUT2D eigenvalue weighted by molar-refractivity contribution is 5.80. The van der Waals surface area contributed by atoms with Crippen LogP contribution < -0.4 is 4.74 Å². The van der Waals surface area contributed by atoms with Gasteiger partial charge in [-0.2, -0.15) is 0 Å². The molecule has 2 heteroatoms. The highest BCUT2D eigenvalue weighted by Gasteiger charge is 2.06. The number of aryl methyl sites for hydroxylation is 2. The summed E-state index contributed by atoms with van der Waals surface area (Å²) in [6.07, 6.45) is 4.18. The molecule has 0 amide bonds. The third kappa shape index (κ3) is 2.22. The van der Waals surface area contributed by atoms with Gasteiger partial charge in [0.2, 0.25) is 0 Å². The quantitative estimate of drug-likeness (QED) is 0.541. The molecule has 0 aliphatic rings. The number of hydrogen-bond acceptors (Lipinski definition) is 2. The van der Waals surface area contributed by atoms with E-state index in [0.29, 0.717) is 11.3 Å². The van der Waals surface area contributed by atoms with Crippen LogP contribution in [0.15, 0.2) is 24.5 Å². The number of aldehydes is 1. The van der Waals surface area contributed by atoms with Gasteiger partial charge in [0.25, 0.3) is 0 Å². The summed E-state index contributed by atoms with van der Waals surface area (Å²) in [5.41, 5.74) is 2.64. The molecular weight excluding hydrogens is 176 g/mol. The average Bonchev–Trinajstić information content (AvgIpc) is 2.15. The van der Waals surface area contributed by atoms with Crippen LogP contribution in [-0.4, -0.2) is 6.29 Å². The molecule has 74 valence electrons. The molecule has 0 aliphatic heterocycles. The van der Waals surface area contributed by atoms with Crippen LogP contribution in [0.25, 0.3) is 0 Å². The molecule has 0 bridgehead atoms. The first-order chi connectivity index (χ1) is 6.69. The Bertz CT molecular complexity index is 365. The molecule has 0 aromatic heterocycles. The van der Waals surface area contributed by atoms with Gasteiger partial charge in [0.1, 0.15) is 5.75 Å². The van der Waals surface area contributed by atoms with Crippen molar-refractivity contribution in [3.05, 3.63) is 41.2 Å². The molecule has 1 aromatic carbocycles. The summed E-state index contributed by atoms with van der Waals surface area (Å²) in [5, 5.41) is 0. The number of hydrogen-bond donors (Lipinski definition) is 0. The first-order valence-corrected chi connectivity index (χ1v) is 4.53. The number of allylic oxidation sites excluding steroid dienone is 1. The topological polar surface area (TPSA) is 26.3 Å². The van der Waals surface area contributed by atoms with Crippen molar-refractivity contribution < 1.29 is 9.53 Å². The minimum absolute atomic E-state index is 0.598. The van der Waals surface area contributed by atoms with E-state index in [1.165, 1.54) is 0 Å². The summed E-state index contributed by atoms with van der Waals surface area (Å²) in [6, 6.07) is 3.81. The zero-order valence-electron chi connectivity index (χ0n) is 8.70. The smallest absolute Gasteiger partial charge is 0.153 e. The average molecular weight is 190 g/mol. The van der Waals surface area contributed by atoms with Crippen molar-refractivity contribution in [3.8, 4) is 5.75 Å². The van der Waals surface area contributed by atoms with Crippen molar-refractivity contribution in [3.63, 3.8) is 0 Å². The van der Waals surface area contributed by atoms with Crippen LogP contribution in [0, 0.1) is 13.8 Å². The van der Waals surface area contributed by atoms with Crippen molar-refractivity contribution >= 4 is 6.29 Å².